The van der Waals surface area contributed by atoms with Crippen molar-refractivity contribution in [2.45, 2.75) is 78.9 Å². The lowest BCUT2D eigenvalue weighted by molar-refractivity contribution is -0.139. The van der Waals surface area contributed by atoms with Gasteiger partial charge in [0.15, 0.2) is 0 Å². The third-order valence-electron chi connectivity index (χ3n) is 2.13. The summed E-state index contributed by atoms with van der Waals surface area (Å²) in [6, 6.07) is 0. The lowest BCUT2D eigenvalue weighted by Crippen LogP contribution is -2.15. The highest BCUT2D eigenvalue weighted by molar-refractivity contribution is 5.93. The number of rotatable bonds is 4. The standard InChI is InChI=1S/2C5H12O.C4H6O3/c2*1-4-5(2,3)6;1-3(5)2-4(6)7/h2*6H,4H2,1-3H3;2H2,1H3,(H,6,7). The molecule has 0 saturated heterocycles. The highest BCUT2D eigenvalue weighted by Gasteiger charge is 2.06. The number of carboxylic acid groups (broad SMARTS) is 1. The lowest BCUT2D eigenvalue weighted by Gasteiger charge is -2.11. The molecule has 0 aliphatic carbocycles. The number of carbonyl (C=O) groups excluding carboxylic acids is 1. The van der Waals surface area contributed by atoms with Gasteiger partial charge in [0, 0.05) is 0 Å². The van der Waals surface area contributed by atoms with Crippen molar-refractivity contribution in [2.75, 3.05) is 0 Å². The van der Waals surface area contributed by atoms with Crippen molar-refractivity contribution >= 4 is 11.8 Å². The van der Waals surface area contributed by atoms with Crippen LogP contribution in [0.1, 0.15) is 67.7 Å². The highest BCUT2D eigenvalue weighted by Crippen LogP contribution is 2.04. The second-order valence-electron chi connectivity index (χ2n) is 5.60. The number of carboxylic acids is 1. The summed E-state index contributed by atoms with van der Waals surface area (Å²) in [6.07, 6.45) is 1.29. The first kappa shape index (κ1) is 23.2. The molecule has 0 saturated carbocycles. The Morgan fingerprint density at radius 3 is 1.11 bits per heavy atom. The molecule has 0 rings (SSSR count). The second-order valence-corrected chi connectivity index (χ2v) is 5.60. The molecule has 0 aliphatic rings. The van der Waals surface area contributed by atoms with E-state index >= 15 is 0 Å². The van der Waals surface area contributed by atoms with Crippen molar-refractivity contribution in [3.8, 4) is 0 Å². The van der Waals surface area contributed by atoms with Crippen molar-refractivity contribution in [3.05, 3.63) is 0 Å². The number of hydrogen-bond acceptors (Lipinski definition) is 4. The van der Waals surface area contributed by atoms with E-state index in [4.69, 9.17) is 15.3 Å². The van der Waals surface area contributed by atoms with Crippen molar-refractivity contribution in [1.29, 1.82) is 0 Å². The van der Waals surface area contributed by atoms with Gasteiger partial charge in [-0.2, -0.15) is 0 Å². The molecule has 5 heteroatoms. The SMILES string of the molecule is CC(=O)CC(=O)O.CCC(C)(C)O.CCC(C)(C)O. The first-order chi connectivity index (χ1) is 8.25. The monoisotopic (exact) mass is 278 g/mol. The maximum Gasteiger partial charge on any atom is 0.310 e. The molecule has 0 amide bonds. The predicted molar refractivity (Wildman–Crippen MR) is 76.1 cm³/mol. The van der Waals surface area contributed by atoms with Crippen molar-refractivity contribution in [1.82, 2.24) is 0 Å². The van der Waals surface area contributed by atoms with E-state index in [9.17, 15) is 9.59 Å². The van der Waals surface area contributed by atoms with Crippen LogP contribution in [0, 0.1) is 0 Å². The summed E-state index contributed by atoms with van der Waals surface area (Å²) in [6.45, 7) is 12.4. The highest BCUT2D eigenvalue weighted by atomic mass is 16.4. The van der Waals surface area contributed by atoms with E-state index in [0.717, 1.165) is 12.8 Å². The summed E-state index contributed by atoms with van der Waals surface area (Å²) < 4.78 is 0. The summed E-state index contributed by atoms with van der Waals surface area (Å²) in [5.41, 5.74) is -0.917. The van der Waals surface area contributed by atoms with Gasteiger partial charge in [-0.3, -0.25) is 9.59 Å². The number of ketones is 1. The van der Waals surface area contributed by atoms with Crippen LogP contribution in [0.4, 0.5) is 0 Å². The smallest absolute Gasteiger partial charge is 0.310 e. The van der Waals surface area contributed by atoms with Gasteiger partial charge in [-0.25, -0.2) is 0 Å². The molecule has 0 atom stereocenters. The van der Waals surface area contributed by atoms with Crippen LogP contribution < -0.4 is 0 Å². The zero-order valence-corrected chi connectivity index (χ0v) is 13.3. The fourth-order valence-corrected chi connectivity index (χ4v) is 0.213. The maximum absolute atomic E-state index is 9.87. The number of hydrogen-bond donors (Lipinski definition) is 3. The van der Waals surface area contributed by atoms with Gasteiger partial charge in [0.2, 0.25) is 0 Å². The van der Waals surface area contributed by atoms with Gasteiger partial charge >= 0.3 is 5.97 Å². The Morgan fingerprint density at radius 1 is 0.895 bits per heavy atom. The van der Waals surface area contributed by atoms with E-state index in [2.05, 4.69) is 0 Å². The Bertz CT molecular complexity index is 220. The van der Waals surface area contributed by atoms with Crippen molar-refractivity contribution in [2.24, 2.45) is 0 Å². The summed E-state index contributed by atoms with van der Waals surface area (Å²) in [5, 5.41) is 25.5. The van der Waals surface area contributed by atoms with Crippen LogP contribution in [-0.4, -0.2) is 38.3 Å². The molecule has 0 aliphatic heterocycles. The van der Waals surface area contributed by atoms with Crippen LogP contribution >= 0.6 is 0 Å². The molecule has 0 unspecified atom stereocenters. The molecule has 5 nitrogen and oxygen atoms in total. The van der Waals surface area contributed by atoms with Gasteiger partial charge in [0.25, 0.3) is 0 Å². The predicted octanol–water partition coefficient (Wildman–Crippen LogP) is 2.38. The van der Waals surface area contributed by atoms with Crippen LogP contribution in [0.25, 0.3) is 0 Å². The van der Waals surface area contributed by atoms with Crippen LogP contribution in [0.15, 0.2) is 0 Å². The van der Waals surface area contributed by atoms with E-state index in [1.54, 1.807) is 27.7 Å². The molecule has 0 aromatic heterocycles. The number of aliphatic carboxylic acids is 1. The Morgan fingerprint density at radius 2 is 1.11 bits per heavy atom. The fraction of sp³-hybridized carbons (Fsp3) is 0.857. The van der Waals surface area contributed by atoms with E-state index in [1.165, 1.54) is 6.92 Å². The van der Waals surface area contributed by atoms with Crippen molar-refractivity contribution in [3.63, 3.8) is 0 Å². The van der Waals surface area contributed by atoms with Gasteiger partial charge < -0.3 is 15.3 Å². The van der Waals surface area contributed by atoms with Crippen molar-refractivity contribution < 1.29 is 24.9 Å². The molecular weight excluding hydrogens is 248 g/mol. The molecule has 116 valence electrons. The van der Waals surface area contributed by atoms with Crippen LogP contribution in [0.5, 0.6) is 0 Å². The fourth-order valence-electron chi connectivity index (χ4n) is 0.213. The molecule has 3 N–H and O–H groups in total. The summed E-state index contributed by atoms with van der Waals surface area (Å²) in [5.74, 6) is -1.37. The molecule has 0 spiro atoms. The van der Waals surface area contributed by atoms with Gasteiger partial charge in [-0.15, -0.1) is 0 Å². The molecule has 0 bridgehead atoms. The van der Waals surface area contributed by atoms with E-state index in [-0.39, 0.29) is 12.2 Å². The zero-order chi connectivity index (χ0) is 16.3. The average Bonchev–Trinajstić information content (AvgIpc) is 2.15. The van der Waals surface area contributed by atoms with Crippen LogP contribution in [0.2, 0.25) is 0 Å². The van der Waals surface area contributed by atoms with E-state index in [1.807, 2.05) is 13.8 Å². The number of Topliss-reactive ketones (excluding diaryl/α,β-unsaturated/α-hetero) is 1. The molecule has 0 heterocycles. The molecule has 0 aromatic carbocycles. The van der Waals surface area contributed by atoms with Crippen LogP contribution in [0.3, 0.4) is 0 Å². The Hall–Kier alpha value is -0.940. The largest absolute Gasteiger partial charge is 0.481 e. The Labute approximate surface area is 116 Å². The number of carbonyl (C=O) groups is 2. The Balaban J connectivity index is -0.000000203. The van der Waals surface area contributed by atoms with E-state index in [0.29, 0.717) is 0 Å². The molecule has 0 aromatic rings. The third kappa shape index (κ3) is 47.1. The van der Waals surface area contributed by atoms with Gasteiger partial charge in [-0.1, -0.05) is 13.8 Å². The summed E-state index contributed by atoms with van der Waals surface area (Å²) in [4.78, 5) is 19.5. The normalized spacial score (nSPS) is 10.6. The summed E-state index contributed by atoms with van der Waals surface area (Å²) in [7, 11) is 0. The zero-order valence-electron chi connectivity index (χ0n) is 13.3. The quantitative estimate of drug-likeness (QED) is 0.686. The van der Waals surface area contributed by atoms with E-state index < -0.39 is 17.2 Å². The molecule has 0 radical (unpaired) electrons. The maximum atomic E-state index is 9.87. The third-order valence-corrected chi connectivity index (χ3v) is 2.13. The first-order valence-corrected chi connectivity index (χ1v) is 6.41. The van der Waals surface area contributed by atoms with Gasteiger partial charge in [0.1, 0.15) is 12.2 Å². The number of aliphatic hydroxyl groups is 2. The minimum absolute atomic E-state index is 0.312. The lowest BCUT2D eigenvalue weighted by atomic mass is 10.1. The first-order valence-electron chi connectivity index (χ1n) is 6.41. The molecular formula is C14H30O5. The van der Waals surface area contributed by atoms with Crippen LogP contribution in [-0.2, 0) is 9.59 Å². The Kier molecular flexibility index (Phi) is 13.3. The molecule has 19 heavy (non-hydrogen) atoms. The average molecular weight is 278 g/mol. The van der Waals surface area contributed by atoms with Gasteiger partial charge in [0.05, 0.1) is 11.2 Å². The summed E-state index contributed by atoms with van der Waals surface area (Å²) >= 11 is 0. The topological polar surface area (TPSA) is 94.8 Å². The van der Waals surface area contributed by atoms with Gasteiger partial charge in [-0.05, 0) is 47.5 Å². The minimum atomic E-state index is -1.06. The molecule has 0 fully saturated rings. The second kappa shape index (κ2) is 10.9. The minimum Gasteiger partial charge on any atom is -0.481 e.